The van der Waals surface area contributed by atoms with Gasteiger partial charge >= 0.3 is 0 Å². The predicted molar refractivity (Wildman–Crippen MR) is 38.7 cm³/mol. The highest BCUT2D eigenvalue weighted by Gasteiger charge is 2.36. The van der Waals surface area contributed by atoms with Gasteiger partial charge in [0.2, 0.25) is 0 Å². The molecule has 0 radical (unpaired) electrons. The second kappa shape index (κ2) is 2.23. The Bertz CT molecular complexity index is 167. The molecule has 0 spiro atoms. The SMILES string of the molecule is NCC1=NO[C@H]2CCC[C@@H]12. The highest BCUT2D eigenvalue weighted by molar-refractivity contribution is 5.89. The summed E-state index contributed by atoms with van der Waals surface area (Å²) in [6, 6.07) is 0. The molecule has 0 aromatic rings. The summed E-state index contributed by atoms with van der Waals surface area (Å²) in [5.41, 5.74) is 6.55. The summed E-state index contributed by atoms with van der Waals surface area (Å²) in [4.78, 5) is 5.19. The first kappa shape index (κ1) is 6.16. The molecule has 0 amide bonds. The third-order valence-corrected chi connectivity index (χ3v) is 2.40. The lowest BCUT2D eigenvalue weighted by Crippen LogP contribution is -2.23. The van der Waals surface area contributed by atoms with Gasteiger partial charge in [-0.25, -0.2) is 0 Å². The monoisotopic (exact) mass is 140 g/mol. The molecule has 0 aromatic heterocycles. The van der Waals surface area contributed by atoms with E-state index in [9.17, 15) is 0 Å². The molecule has 2 aliphatic rings. The molecule has 1 heterocycles. The van der Waals surface area contributed by atoms with Gasteiger partial charge in [-0.2, -0.15) is 0 Å². The summed E-state index contributed by atoms with van der Waals surface area (Å²) >= 11 is 0. The fraction of sp³-hybridized carbons (Fsp3) is 0.857. The van der Waals surface area contributed by atoms with Crippen molar-refractivity contribution in [2.24, 2.45) is 16.8 Å². The van der Waals surface area contributed by atoms with Crippen LogP contribution in [0.15, 0.2) is 5.16 Å². The number of nitrogens with two attached hydrogens (primary N) is 1. The van der Waals surface area contributed by atoms with E-state index in [0.29, 0.717) is 18.6 Å². The van der Waals surface area contributed by atoms with Crippen LogP contribution in [0.2, 0.25) is 0 Å². The average molecular weight is 140 g/mol. The van der Waals surface area contributed by atoms with Crippen LogP contribution in [0.1, 0.15) is 19.3 Å². The van der Waals surface area contributed by atoms with Crippen molar-refractivity contribution in [2.75, 3.05) is 6.54 Å². The standard InChI is InChI=1S/C7H12N2O/c8-4-6-5-2-1-3-7(5)10-9-6/h5,7H,1-4,8H2/t5-,7-/m0/s1. The number of fused-ring (bicyclic) bond motifs is 1. The molecule has 0 saturated heterocycles. The number of hydrogen-bond donors (Lipinski definition) is 1. The molecule has 1 saturated carbocycles. The van der Waals surface area contributed by atoms with E-state index in [2.05, 4.69) is 5.16 Å². The maximum atomic E-state index is 5.48. The van der Waals surface area contributed by atoms with Gasteiger partial charge in [-0.15, -0.1) is 0 Å². The van der Waals surface area contributed by atoms with Crippen molar-refractivity contribution in [2.45, 2.75) is 25.4 Å². The van der Waals surface area contributed by atoms with Crippen LogP contribution in [0.3, 0.4) is 0 Å². The van der Waals surface area contributed by atoms with Gasteiger partial charge in [0, 0.05) is 12.5 Å². The average Bonchev–Trinajstić information content (AvgIpc) is 2.44. The van der Waals surface area contributed by atoms with E-state index in [0.717, 1.165) is 12.1 Å². The molecular formula is C7H12N2O. The molecule has 0 aromatic carbocycles. The minimum absolute atomic E-state index is 0.374. The Morgan fingerprint density at radius 2 is 2.50 bits per heavy atom. The van der Waals surface area contributed by atoms with E-state index in [-0.39, 0.29) is 0 Å². The Kier molecular flexibility index (Phi) is 1.38. The van der Waals surface area contributed by atoms with E-state index in [4.69, 9.17) is 10.6 Å². The Morgan fingerprint density at radius 3 is 3.30 bits per heavy atom. The van der Waals surface area contributed by atoms with Crippen molar-refractivity contribution in [3.05, 3.63) is 0 Å². The fourth-order valence-electron chi connectivity index (χ4n) is 1.83. The lowest BCUT2D eigenvalue weighted by molar-refractivity contribution is 0.0746. The van der Waals surface area contributed by atoms with Gasteiger partial charge in [-0.3, -0.25) is 0 Å². The van der Waals surface area contributed by atoms with E-state index < -0.39 is 0 Å². The van der Waals surface area contributed by atoms with Crippen LogP contribution in [0.5, 0.6) is 0 Å². The van der Waals surface area contributed by atoms with Crippen LogP contribution in [0.4, 0.5) is 0 Å². The molecule has 10 heavy (non-hydrogen) atoms. The van der Waals surface area contributed by atoms with E-state index in [1.165, 1.54) is 12.8 Å². The maximum Gasteiger partial charge on any atom is 0.135 e. The molecule has 56 valence electrons. The topological polar surface area (TPSA) is 47.6 Å². The summed E-state index contributed by atoms with van der Waals surface area (Å²) in [6.07, 6.45) is 4.03. The summed E-state index contributed by atoms with van der Waals surface area (Å²) in [5, 5.41) is 3.93. The third-order valence-electron chi connectivity index (χ3n) is 2.40. The zero-order chi connectivity index (χ0) is 6.97. The number of rotatable bonds is 1. The van der Waals surface area contributed by atoms with Gasteiger partial charge in [0.1, 0.15) is 6.10 Å². The number of hydrogen-bond acceptors (Lipinski definition) is 3. The molecule has 0 unspecified atom stereocenters. The maximum absolute atomic E-state index is 5.48. The lowest BCUT2D eigenvalue weighted by atomic mass is 10.0. The first-order chi connectivity index (χ1) is 4.92. The zero-order valence-corrected chi connectivity index (χ0v) is 5.92. The Labute approximate surface area is 60.2 Å². The Balaban J connectivity index is 2.10. The van der Waals surface area contributed by atoms with Gasteiger partial charge in [-0.1, -0.05) is 5.16 Å². The van der Waals surface area contributed by atoms with E-state index in [1.807, 2.05) is 0 Å². The summed E-state index contributed by atoms with van der Waals surface area (Å²) in [7, 11) is 0. The van der Waals surface area contributed by atoms with Crippen LogP contribution in [-0.2, 0) is 4.84 Å². The Morgan fingerprint density at radius 1 is 1.60 bits per heavy atom. The van der Waals surface area contributed by atoms with Crippen LogP contribution >= 0.6 is 0 Å². The highest BCUT2D eigenvalue weighted by atomic mass is 16.6. The summed E-state index contributed by atoms with van der Waals surface area (Å²) in [5.74, 6) is 0.560. The van der Waals surface area contributed by atoms with Crippen LogP contribution < -0.4 is 5.73 Å². The van der Waals surface area contributed by atoms with Crippen LogP contribution in [0, 0.1) is 5.92 Å². The minimum atomic E-state index is 0.374. The second-order valence-corrected chi connectivity index (χ2v) is 2.97. The zero-order valence-electron chi connectivity index (χ0n) is 5.92. The molecule has 2 N–H and O–H groups in total. The van der Waals surface area contributed by atoms with Crippen LogP contribution in [-0.4, -0.2) is 18.4 Å². The van der Waals surface area contributed by atoms with Gasteiger partial charge < -0.3 is 10.6 Å². The highest BCUT2D eigenvalue weighted by Crippen LogP contribution is 2.33. The van der Waals surface area contributed by atoms with Crippen LogP contribution in [0.25, 0.3) is 0 Å². The van der Waals surface area contributed by atoms with Gasteiger partial charge in [0.15, 0.2) is 0 Å². The number of nitrogens with zero attached hydrogens (tertiary/aromatic N) is 1. The van der Waals surface area contributed by atoms with Crippen molar-refractivity contribution in [3.8, 4) is 0 Å². The van der Waals surface area contributed by atoms with Gasteiger partial charge in [0.05, 0.1) is 5.71 Å². The fourth-order valence-corrected chi connectivity index (χ4v) is 1.83. The normalized spacial score (nSPS) is 37.1. The molecule has 1 aliphatic heterocycles. The van der Waals surface area contributed by atoms with Crippen molar-refractivity contribution in [1.82, 2.24) is 0 Å². The lowest BCUT2D eigenvalue weighted by Gasteiger charge is -2.05. The molecular weight excluding hydrogens is 128 g/mol. The Hall–Kier alpha value is -0.570. The van der Waals surface area contributed by atoms with E-state index >= 15 is 0 Å². The molecule has 2 atom stereocenters. The smallest absolute Gasteiger partial charge is 0.135 e. The largest absolute Gasteiger partial charge is 0.392 e. The molecule has 3 heteroatoms. The predicted octanol–water partition coefficient (Wildman–Crippen LogP) is 0.500. The third kappa shape index (κ3) is 0.736. The van der Waals surface area contributed by atoms with Crippen molar-refractivity contribution >= 4 is 5.71 Å². The second-order valence-electron chi connectivity index (χ2n) is 2.97. The molecule has 0 bridgehead atoms. The first-order valence-corrected chi connectivity index (χ1v) is 3.84. The molecule has 3 nitrogen and oxygen atoms in total. The van der Waals surface area contributed by atoms with Crippen molar-refractivity contribution < 1.29 is 4.84 Å². The quantitative estimate of drug-likeness (QED) is 0.576. The molecule has 1 fully saturated rings. The van der Waals surface area contributed by atoms with Gasteiger partial charge in [0.25, 0.3) is 0 Å². The number of oxime groups is 1. The minimum Gasteiger partial charge on any atom is -0.392 e. The first-order valence-electron chi connectivity index (χ1n) is 3.84. The molecule has 1 aliphatic carbocycles. The van der Waals surface area contributed by atoms with Crippen molar-refractivity contribution in [3.63, 3.8) is 0 Å². The summed E-state index contributed by atoms with van der Waals surface area (Å²) in [6.45, 7) is 0.571. The van der Waals surface area contributed by atoms with Crippen molar-refractivity contribution in [1.29, 1.82) is 0 Å². The van der Waals surface area contributed by atoms with E-state index in [1.54, 1.807) is 0 Å². The summed E-state index contributed by atoms with van der Waals surface area (Å²) < 4.78 is 0. The van der Waals surface area contributed by atoms with Gasteiger partial charge in [-0.05, 0) is 19.3 Å². The molecule has 2 rings (SSSR count).